The molecular weight excluding hydrogens is 305 g/mol. The first kappa shape index (κ1) is 15.5. The fraction of sp³-hybridized carbons (Fsp3) is 0.417. The van der Waals surface area contributed by atoms with E-state index in [0.717, 1.165) is 6.07 Å². The van der Waals surface area contributed by atoms with Gasteiger partial charge in [-0.2, -0.15) is 0 Å². The molecule has 1 saturated heterocycles. The lowest BCUT2D eigenvalue weighted by Crippen LogP contribution is -2.48. The zero-order valence-corrected chi connectivity index (χ0v) is 11.7. The molecule has 0 atom stereocenters. The molecule has 7 nitrogen and oxygen atoms in total. The molecule has 0 unspecified atom stereocenters. The Bertz CT molecular complexity index is 576. The number of nitro groups is 1. The first-order valence-corrected chi connectivity index (χ1v) is 6.59. The molecule has 1 N–H and O–H groups in total. The molecule has 2 rings (SSSR count). The van der Waals surface area contributed by atoms with E-state index in [1.165, 1.54) is 6.07 Å². The molecule has 1 aromatic rings. The monoisotopic (exact) mass is 317 g/mol. The van der Waals surface area contributed by atoms with Gasteiger partial charge < -0.3 is 10.0 Å². The lowest BCUT2D eigenvalue weighted by Gasteiger charge is -2.35. The van der Waals surface area contributed by atoms with Gasteiger partial charge in [-0.3, -0.25) is 19.8 Å². The predicted octanol–water partition coefficient (Wildman–Crippen LogP) is 1.59. The van der Waals surface area contributed by atoms with Crippen LogP contribution in [0.15, 0.2) is 12.1 Å². The number of carboxylic acids is 1. The topological polar surface area (TPSA) is 86.9 Å². The lowest BCUT2D eigenvalue weighted by molar-refractivity contribution is -0.384. The molecule has 0 aliphatic carbocycles. The highest BCUT2D eigenvalue weighted by molar-refractivity contribution is 6.31. The van der Waals surface area contributed by atoms with Crippen molar-refractivity contribution >= 4 is 28.9 Å². The van der Waals surface area contributed by atoms with Gasteiger partial charge in [-0.05, 0) is 6.07 Å². The van der Waals surface area contributed by atoms with Gasteiger partial charge in [0, 0.05) is 26.2 Å². The van der Waals surface area contributed by atoms with E-state index in [1.807, 2.05) is 0 Å². The number of aliphatic carboxylic acids is 1. The Morgan fingerprint density at radius 1 is 1.38 bits per heavy atom. The Morgan fingerprint density at radius 2 is 2.00 bits per heavy atom. The molecule has 0 spiro atoms. The normalized spacial score (nSPS) is 16.0. The van der Waals surface area contributed by atoms with E-state index in [0.29, 0.717) is 26.2 Å². The molecule has 1 aliphatic heterocycles. The second-order valence-electron chi connectivity index (χ2n) is 4.67. The van der Waals surface area contributed by atoms with Gasteiger partial charge in [-0.1, -0.05) is 11.6 Å². The van der Waals surface area contributed by atoms with Crippen molar-refractivity contribution in [3.63, 3.8) is 0 Å². The maximum Gasteiger partial charge on any atom is 0.317 e. The van der Waals surface area contributed by atoms with E-state index < -0.39 is 16.7 Å². The Morgan fingerprint density at radius 3 is 2.52 bits per heavy atom. The van der Waals surface area contributed by atoms with Crippen molar-refractivity contribution in [3.8, 4) is 0 Å². The molecule has 1 aromatic carbocycles. The molecule has 9 heteroatoms. The van der Waals surface area contributed by atoms with Crippen molar-refractivity contribution in [2.45, 2.75) is 0 Å². The van der Waals surface area contributed by atoms with Crippen molar-refractivity contribution in [2.75, 3.05) is 37.6 Å². The van der Waals surface area contributed by atoms with Gasteiger partial charge >= 0.3 is 5.97 Å². The summed E-state index contributed by atoms with van der Waals surface area (Å²) in [6.07, 6.45) is 0. The summed E-state index contributed by atoms with van der Waals surface area (Å²) in [6, 6.07) is 2.04. The minimum absolute atomic E-state index is 0.0693. The molecule has 0 saturated carbocycles. The van der Waals surface area contributed by atoms with Crippen LogP contribution in [0.3, 0.4) is 0 Å². The van der Waals surface area contributed by atoms with Crippen LogP contribution in [0.2, 0.25) is 5.02 Å². The number of carbonyl (C=O) groups is 1. The van der Waals surface area contributed by atoms with Crippen LogP contribution in [0.5, 0.6) is 0 Å². The second-order valence-corrected chi connectivity index (χ2v) is 5.08. The predicted molar refractivity (Wildman–Crippen MR) is 74.4 cm³/mol. The highest BCUT2D eigenvalue weighted by Crippen LogP contribution is 2.33. The van der Waals surface area contributed by atoms with Gasteiger partial charge in [0.25, 0.3) is 5.69 Å². The Labute approximate surface area is 124 Å². The molecule has 114 valence electrons. The molecule has 1 heterocycles. The quantitative estimate of drug-likeness (QED) is 0.670. The Kier molecular flexibility index (Phi) is 4.59. The van der Waals surface area contributed by atoms with E-state index in [9.17, 15) is 19.3 Å². The molecule has 0 bridgehead atoms. The summed E-state index contributed by atoms with van der Waals surface area (Å²) >= 11 is 5.69. The van der Waals surface area contributed by atoms with Gasteiger partial charge in [0.15, 0.2) is 0 Å². The third-order valence-electron chi connectivity index (χ3n) is 3.29. The van der Waals surface area contributed by atoms with Gasteiger partial charge in [0.2, 0.25) is 0 Å². The minimum atomic E-state index is -0.917. The number of halogens is 2. The number of hydrogen-bond donors (Lipinski definition) is 1. The molecule has 0 amide bonds. The summed E-state index contributed by atoms with van der Waals surface area (Å²) < 4.78 is 13.4. The Balaban J connectivity index is 2.18. The number of nitro benzene ring substituents is 1. The van der Waals surface area contributed by atoms with Crippen molar-refractivity contribution in [3.05, 3.63) is 33.1 Å². The zero-order valence-electron chi connectivity index (χ0n) is 11.0. The average Bonchev–Trinajstić information content (AvgIpc) is 2.41. The molecule has 0 aromatic heterocycles. The van der Waals surface area contributed by atoms with Crippen LogP contribution in [0.4, 0.5) is 15.8 Å². The highest BCUT2D eigenvalue weighted by Gasteiger charge is 2.26. The van der Waals surface area contributed by atoms with Crippen LogP contribution in [0, 0.1) is 15.9 Å². The summed E-state index contributed by atoms with van der Waals surface area (Å²) in [5, 5.41) is 19.6. The van der Waals surface area contributed by atoms with Crippen molar-refractivity contribution in [1.82, 2.24) is 4.90 Å². The molecule has 1 aliphatic rings. The third-order valence-corrected chi connectivity index (χ3v) is 3.58. The summed E-state index contributed by atoms with van der Waals surface area (Å²) in [4.78, 5) is 24.4. The van der Waals surface area contributed by atoms with Gasteiger partial charge in [-0.15, -0.1) is 0 Å². The summed E-state index contributed by atoms with van der Waals surface area (Å²) in [5.74, 6) is -1.75. The van der Waals surface area contributed by atoms with Crippen LogP contribution in [-0.4, -0.2) is 53.6 Å². The number of nitrogens with zero attached hydrogens (tertiary/aromatic N) is 3. The number of anilines is 1. The fourth-order valence-electron chi connectivity index (χ4n) is 2.26. The molecule has 21 heavy (non-hydrogen) atoms. The first-order valence-electron chi connectivity index (χ1n) is 6.21. The van der Waals surface area contributed by atoms with Crippen molar-refractivity contribution < 1.29 is 19.2 Å². The maximum atomic E-state index is 13.4. The fourth-order valence-corrected chi connectivity index (χ4v) is 2.42. The van der Waals surface area contributed by atoms with Gasteiger partial charge in [0.05, 0.1) is 22.6 Å². The maximum absolute atomic E-state index is 13.4. The standard InChI is InChI=1S/C12H13ClFN3O4/c13-8-5-10(11(17(20)21)6-9(8)14)16-3-1-15(2-4-16)7-12(18)19/h5-6H,1-4,7H2,(H,18,19). The van der Waals surface area contributed by atoms with E-state index >= 15 is 0 Å². The zero-order chi connectivity index (χ0) is 15.6. The highest BCUT2D eigenvalue weighted by atomic mass is 35.5. The SMILES string of the molecule is O=C(O)CN1CCN(c2cc(Cl)c(F)cc2[N+](=O)[O-])CC1. The van der Waals surface area contributed by atoms with Gasteiger partial charge in [-0.25, -0.2) is 4.39 Å². The first-order chi connectivity index (χ1) is 9.88. The van der Waals surface area contributed by atoms with E-state index in [4.69, 9.17) is 16.7 Å². The number of carboxylic acid groups (broad SMARTS) is 1. The molecular formula is C12H13ClFN3O4. The molecule has 0 radical (unpaired) electrons. The van der Waals surface area contributed by atoms with Crippen LogP contribution >= 0.6 is 11.6 Å². The number of piperazine rings is 1. The summed E-state index contributed by atoms with van der Waals surface area (Å²) in [5.41, 5.74) is -0.0926. The largest absolute Gasteiger partial charge is 0.480 e. The summed E-state index contributed by atoms with van der Waals surface area (Å²) in [7, 11) is 0. The lowest BCUT2D eigenvalue weighted by atomic mass is 10.2. The van der Waals surface area contributed by atoms with Crippen LogP contribution < -0.4 is 4.90 Å². The minimum Gasteiger partial charge on any atom is -0.480 e. The third kappa shape index (κ3) is 3.59. The van der Waals surface area contributed by atoms with E-state index in [-0.39, 0.29) is 22.9 Å². The number of hydrogen-bond acceptors (Lipinski definition) is 5. The van der Waals surface area contributed by atoms with Gasteiger partial charge in [0.1, 0.15) is 11.5 Å². The number of benzene rings is 1. The van der Waals surface area contributed by atoms with E-state index in [1.54, 1.807) is 9.80 Å². The van der Waals surface area contributed by atoms with Crippen LogP contribution in [0.25, 0.3) is 0 Å². The van der Waals surface area contributed by atoms with Crippen molar-refractivity contribution in [2.24, 2.45) is 0 Å². The van der Waals surface area contributed by atoms with Crippen LogP contribution in [-0.2, 0) is 4.79 Å². The Hall–Kier alpha value is -1.93. The van der Waals surface area contributed by atoms with Crippen LogP contribution in [0.1, 0.15) is 0 Å². The van der Waals surface area contributed by atoms with Crippen molar-refractivity contribution in [1.29, 1.82) is 0 Å². The smallest absolute Gasteiger partial charge is 0.317 e. The molecule has 1 fully saturated rings. The second kappa shape index (κ2) is 6.23. The number of rotatable bonds is 4. The summed E-state index contributed by atoms with van der Waals surface area (Å²) in [6.45, 7) is 1.67. The average molecular weight is 318 g/mol. The van der Waals surface area contributed by atoms with E-state index in [2.05, 4.69) is 0 Å².